The zero-order valence-electron chi connectivity index (χ0n) is 16.1. The number of carbonyl (C=O) groups is 1. The van der Waals surface area contributed by atoms with E-state index in [4.69, 9.17) is 18.6 Å². The van der Waals surface area contributed by atoms with Crippen LogP contribution < -0.4 is 19.5 Å². The third-order valence-corrected chi connectivity index (χ3v) is 4.13. The van der Waals surface area contributed by atoms with E-state index in [1.807, 2.05) is 25.1 Å². The van der Waals surface area contributed by atoms with Crippen molar-refractivity contribution in [3.05, 3.63) is 47.5 Å². The number of rotatable bonds is 7. The summed E-state index contributed by atoms with van der Waals surface area (Å²) >= 11 is 0. The molecule has 1 aromatic heterocycles. The quantitative estimate of drug-likeness (QED) is 0.669. The SMILES string of the molecule is COc1ccc(-c2nnc(NC(=O)Cc3ccc(OC)c(C)c3)o2)c(OC)c1. The van der Waals surface area contributed by atoms with Crippen LogP contribution in [-0.4, -0.2) is 37.4 Å². The van der Waals surface area contributed by atoms with Gasteiger partial charge in [-0.1, -0.05) is 17.2 Å². The summed E-state index contributed by atoms with van der Waals surface area (Å²) in [7, 11) is 4.72. The lowest BCUT2D eigenvalue weighted by molar-refractivity contribution is -0.115. The molecular weight excluding hydrogens is 362 g/mol. The Kier molecular flexibility index (Phi) is 5.78. The number of anilines is 1. The fraction of sp³-hybridized carbons (Fsp3) is 0.250. The van der Waals surface area contributed by atoms with Crippen LogP contribution in [0.5, 0.6) is 17.2 Å². The van der Waals surface area contributed by atoms with Gasteiger partial charge in [-0.25, -0.2) is 0 Å². The standard InChI is InChI=1S/C20H21N3O5/c1-12-9-13(5-8-16(12)26-3)10-18(24)21-20-23-22-19(28-20)15-7-6-14(25-2)11-17(15)27-4/h5-9,11H,10H2,1-4H3,(H,21,23,24). The number of hydrogen-bond acceptors (Lipinski definition) is 7. The van der Waals surface area contributed by atoms with E-state index in [0.29, 0.717) is 17.1 Å². The van der Waals surface area contributed by atoms with Gasteiger partial charge in [-0.2, -0.15) is 0 Å². The van der Waals surface area contributed by atoms with Gasteiger partial charge in [0.1, 0.15) is 17.2 Å². The molecule has 1 amide bonds. The maximum atomic E-state index is 12.3. The van der Waals surface area contributed by atoms with E-state index in [1.54, 1.807) is 32.4 Å². The van der Waals surface area contributed by atoms with Crippen molar-refractivity contribution in [2.75, 3.05) is 26.6 Å². The zero-order chi connectivity index (χ0) is 20.1. The summed E-state index contributed by atoms with van der Waals surface area (Å²) < 4.78 is 21.3. The Morgan fingerprint density at radius 2 is 1.79 bits per heavy atom. The summed E-state index contributed by atoms with van der Waals surface area (Å²) in [6.07, 6.45) is 0.175. The predicted molar refractivity (Wildman–Crippen MR) is 103 cm³/mol. The van der Waals surface area contributed by atoms with Gasteiger partial charge in [0, 0.05) is 6.07 Å². The first kappa shape index (κ1) is 19.2. The molecule has 8 nitrogen and oxygen atoms in total. The van der Waals surface area contributed by atoms with E-state index in [0.717, 1.165) is 16.9 Å². The van der Waals surface area contributed by atoms with Crippen molar-refractivity contribution in [3.8, 4) is 28.7 Å². The first-order valence-corrected chi connectivity index (χ1v) is 8.53. The lowest BCUT2D eigenvalue weighted by Crippen LogP contribution is -2.14. The Labute approximate surface area is 162 Å². The number of benzene rings is 2. The third kappa shape index (κ3) is 4.22. The smallest absolute Gasteiger partial charge is 0.322 e. The molecule has 0 fully saturated rings. The number of nitrogens with zero attached hydrogens (tertiary/aromatic N) is 2. The van der Waals surface area contributed by atoms with Crippen LogP contribution in [0.25, 0.3) is 11.5 Å². The van der Waals surface area contributed by atoms with Crippen LogP contribution in [-0.2, 0) is 11.2 Å². The van der Waals surface area contributed by atoms with Gasteiger partial charge in [0.05, 0.1) is 33.3 Å². The number of methoxy groups -OCH3 is 3. The highest BCUT2D eigenvalue weighted by atomic mass is 16.5. The van der Waals surface area contributed by atoms with Gasteiger partial charge < -0.3 is 18.6 Å². The highest BCUT2D eigenvalue weighted by Crippen LogP contribution is 2.33. The van der Waals surface area contributed by atoms with E-state index in [-0.39, 0.29) is 24.2 Å². The highest BCUT2D eigenvalue weighted by Gasteiger charge is 2.16. The van der Waals surface area contributed by atoms with Crippen molar-refractivity contribution in [2.24, 2.45) is 0 Å². The highest BCUT2D eigenvalue weighted by molar-refractivity contribution is 5.90. The Bertz CT molecular complexity index is 984. The Morgan fingerprint density at radius 1 is 1.00 bits per heavy atom. The molecule has 0 spiro atoms. The maximum Gasteiger partial charge on any atom is 0.322 e. The Balaban J connectivity index is 1.71. The second-order valence-corrected chi connectivity index (χ2v) is 6.01. The molecular formula is C20H21N3O5. The minimum absolute atomic E-state index is 0.0168. The van der Waals surface area contributed by atoms with Gasteiger partial charge in [0.15, 0.2) is 0 Å². The van der Waals surface area contributed by atoms with Crippen molar-refractivity contribution in [3.63, 3.8) is 0 Å². The number of ether oxygens (including phenoxy) is 3. The maximum absolute atomic E-state index is 12.3. The van der Waals surface area contributed by atoms with Crippen LogP contribution in [0.15, 0.2) is 40.8 Å². The molecule has 8 heteroatoms. The van der Waals surface area contributed by atoms with Gasteiger partial charge in [0.2, 0.25) is 5.91 Å². The molecule has 28 heavy (non-hydrogen) atoms. The molecule has 0 aliphatic carbocycles. The van der Waals surface area contributed by atoms with Crippen molar-refractivity contribution in [1.29, 1.82) is 0 Å². The van der Waals surface area contributed by atoms with E-state index < -0.39 is 0 Å². The molecule has 0 aliphatic heterocycles. The average molecular weight is 383 g/mol. The number of nitrogens with one attached hydrogen (secondary N) is 1. The predicted octanol–water partition coefficient (Wildman–Crippen LogP) is 3.25. The molecule has 0 bridgehead atoms. The molecule has 0 saturated heterocycles. The van der Waals surface area contributed by atoms with Crippen LogP contribution in [0, 0.1) is 6.92 Å². The summed E-state index contributed by atoms with van der Waals surface area (Å²) in [4.78, 5) is 12.3. The van der Waals surface area contributed by atoms with E-state index in [9.17, 15) is 4.79 Å². The molecule has 0 saturated carbocycles. The van der Waals surface area contributed by atoms with Crippen LogP contribution >= 0.6 is 0 Å². The lowest BCUT2D eigenvalue weighted by Gasteiger charge is -2.07. The van der Waals surface area contributed by atoms with E-state index in [1.165, 1.54) is 7.11 Å². The molecule has 0 radical (unpaired) electrons. The second kappa shape index (κ2) is 8.43. The monoisotopic (exact) mass is 383 g/mol. The first-order valence-electron chi connectivity index (χ1n) is 8.53. The van der Waals surface area contributed by atoms with Crippen LogP contribution in [0.3, 0.4) is 0 Å². The van der Waals surface area contributed by atoms with E-state index in [2.05, 4.69) is 15.5 Å². The van der Waals surface area contributed by atoms with Crippen LogP contribution in [0.4, 0.5) is 6.01 Å². The molecule has 0 atom stereocenters. The summed E-state index contributed by atoms with van der Waals surface area (Å²) in [5.74, 6) is 1.91. The van der Waals surface area contributed by atoms with E-state index >= 15 is 0 Å². The second-order valence-electron chi connectivity index (χ2n) is 6.01. The Hall–Kier alpha value is -3.55. The van der Waals surface area contributed by atoms with Gasteiger partial charge >= 0.3 is 6.01 Å². The number of aryl methyl sites for hydroxylation is 1. The molecule has 0 unspecified atom stereocenters. The molecule has 3 aromatic rings. The number of amides is 1. The fourth-order valence-corrected chi connectivity index (χ4v) is 2.76. The molecule has 1 N–H and O–H groups in total. The average Bonchev–Trinajstić information content (AvgIpc) is 3.15. The normalized spacial score (nSPS) is 10.4. The van der Waals surface area contributed by atoms with Crippen molar-refractivity contribution < 1.29 is 23.4 Å². The first-order chi connectivity index (χ1) is 13.5. The van der Waals surface area contributed by atoms with Crippen molar-refractivity contribution >= 4 is 11.9 Å². The topological polar surface area (TPSA) is 95.7 Å². The summed E-state index contributed by atoms with van der Waals surface area (Å²) in [5.41, 5.74) is 2.41. The number of hydrogen-bond donors (Lipinski definition) is 1. The van der Waals surface area contributed by atoms with Crippen LogP contribution in [0.1, 0.15) is 11.1 Å². The van der Waals surface area contributed by atoms with Gasteiger partial charge in [-0.05, 0) is 36.2 Å². The molecule has 1 heterocycles. The Morgan fingerprint density at radius 3 is 2.46 bits per heavy atom. The van der Waals surface area contributed by atoms with Crippen molar-refractivity contribution in [2.45, 2.75) is 13.3 Å². The molecule has 0 aliphatic rings. The largest absolute Gasteiger partial charge is 0.497 e. The summed E-state index contributed by atoms with van der Waals surface area (Å²) in [5, 5.41) is 10.5. The van der Waals surface area contributed by atoms with Gasteiger partial charge in [0.25, 0.3) is 5.89 Å². The van der Waals surface area contributed by atoms with Crippen LogP contribution in [0.2, 0.25) is 0 Å². The number of aromatic nitrogens is 2. The summed E-state index contributed by atoms with van der Waals surface area (Å²) in [6, 6.07) is 10.8. The minimum Gasteiger partial charge on any atom is -0.497 e. The van der Waals surface area contributed by atoms with Gasteiger partial charge in [-0.15, -0.1) is 5.10 Å². The van der Waals surface area contributed by atoms with Crippen molar-refractivity contribution in [1.82, 2.24) is 10.2 Å². The minimum atomic E-state index is -0.263. The fourth-order valence-electron chi connectivity index (χ4n) is 2.76. The zero-order valence-corrected chi connectivity index (χ0v) is 16.1. The van der Waals surface area contributed by atoms with Gasteiger partial charge in [-0.3, -0.25) is 10.1 Å². The molecule has 146 valence electrons. The lowest BCUT2D eigenvalue weighted by atomic mass is 10.1. The summed E-state index contributed by atoms with van der Waals surface area (Å²) in [6.45, 7) is 1.92. The molecule has 2 aromatic carbocycles. The molecule has 3 rings (SSSR count). The third-order valence-electron chi connectivity index (χ3n) is 4.13. The number of carbonyl (C=O) groups excluding carboxylic acids is 1.